The first kappa shape index (κ1) is 14.9. The Labute approximate surface area is 133 Å². The molecule has 0 saturated heterocycles. The molecule has 0 atom stereocenters. The van der Waals surface area contributed by atoms with Crippen LogP contribution in [0.15, 0.2) is 18.2 Å². The lowest BCUT2D eigenvalue weighted by molar-refractivity contribution is 0.451. The second-order valence-corrected chi connectivity index (χ2v) is 7.58. The van der Waals surface area contributed by atoms with Gasteiger partial charge in [-0.1, -0.05) is 36.0 Å². The van der Waals surface area contributed by atoms with Crippen LogP contribution in [0, 0.1) is 5.82 Å². The molecule has 0 amide bonds. The van der Waals surface area contributed by atoms with E-state index in [0.717, 1.165) is 18.5 Å². The molecule has 0 spiro atoms. The lowest BCUT2D eigenvalue weighted by atomic mass is 9.80. The maximum absolute atomic E-state index is 14.1. The van der Waals surface area contributed by atoms with Crippen molar-refractivity contribution in [1.82, 2.24) is 9.59 Å². The molecule has 1 aliphatic rings. The van der Waals surface area contributed by atoms with Gasteiger partial charge in [-0.15, -0.1) is 5.10 Å². The van der Waals surface area contributed by atoms with Crippen LogP contribution in [-0.2, 0) is 11.8 Å². The fraction of sp³-hybridized carbons (Fsp3) is 0.500. The third-order valence-electron chi connectivity index (χ3n) is 4.17. The van der Waals surface area contributed by atoms with Crippen LogP contribution < -0.4 is 0 Å². The van der Waals surface area contributed by atoms with Gasteiger partial charge in [-0.3, -0.25) is 0 Å². The smallest absolute Gasteiger partial charge is 0.128 e. The van der Waals surface area contributed by atoms with Crippen molar-refractivity contribution < 1.29 is 4.39 Å². The summed E-state index contributed by atoms with van der Waals surface area (Å²) in [5.41, 5.74) is 1.46. The number of benzene rings is 1. The van der Waals surface area contributed by atoms with Gasteiger partial charge in [0, 0.05) is 21.4 Å². The van der Waals surface area contributed by atoms with Gasteiger partial charge < -0.3 is 0 Å². The number of hydrogen-bond acceptors (Lipinski definition) is 3. The zero-order chi connectivity index (χ0) is 15.0. The lowest BCUT2D eigenvalue weighted by Crippen LogP contribution is -2.20. The minimum atomic E-state index is -0.312. The molecule has 3 rings (SSSR count). The number of rotatable bonds is 5. The van der Waals surface area contributed by atoms with Gasteiger partial charge in [0.1, 0.15) is 5.82 Å². The predicted octanol–water partition coefficient (Wildman–Crippen LogP) is 5.12. The van der Waals surface area contributed by atoms with Crippen LogP contribution in [0.4, 0.5) is 4.39 Å². The summed E-state index contributed by atoms with van der Waals surface area (Å²) in [5, 5.41) is 4.76. The summed E-state index contributed by atoms with van der Waals surface area (Å²) in [6, 6.07) is 4.88. The van der Waals surface area contributed by atoms with Gasteiger partial charge >= 0.3 is 0 Å². The van der Waals surface area contributed by atoms with Crippen molar-refractivity contribution in [2.75, 3.05) is 0 Å². The Morgan fingerprint density at radius 2 is 2.14 bits per heavy atom. The Hall–Kier alpha value is -1.00. The Kier molecular flexibility index (Phi) is 4.02. The van der Waals surface area contributed by atoms with E-state index >= 15 is 0 Å². The number of aryl methyl sites for hydroxylation is 1. The molecule has 2 nitrogen and oxygen atoms in total. The molecule has 2 aromatic rings. The van der Waals surface area contributed by atoms with Crippen molar-refractivity contribution in [2.45, 2.75) is 50.9 Å². The molecule has 1 aliphatic carbocycles. The molecule has 1 aromatic heterocycles. The summed E-state index contributed by atoms with van der Waals surface area (Å²) in [6.07, 6.45) is 4.15. The van der Waals surface area contributed by atoms with Crippen LogP contribution in [-0.4, -0.2) is 9.59 Å². The summed E-state index contributed by atoms with van der Waals surface area (Å²) >= 11 is 7.68. The fourth-order valence-electron chi connectivity index (χ4n) is 2.75. The highest BCUT2D eigenvalue weighted by molar-refractivity contribution is 7.05. The molecule has 112 valence electrons. The molecule has 1 aromatic carbocycles. The van der Waals surface area contributed by atoms with Crippen molar-refractivity contribution in [3.05, 3.63) is 45.2 Å². The topological polar surface area (TPSA) is 25.8 Å². The Balaban J connectivity index is 1.78. The largest absolute Gasteiger partial charge is 0.207 e. The molecule has 1 saturated carbocycles. The maximum Gasteiger partial charge on any atom is 0.128 e. The minimum Gasteiger partial charge on any atom is -0.207 e. The van der Waals surface area contributed by atoms with Crippen LogP contribution in [0.2, 0.25) is 5.02 Å². The molecule has 0 radical (unpaired) electrons. The average Bonchev–Trinajstić information content (AvgIpc) is 3.15. The SMILES string of the molecule is CC(C)(CCc1snnc1C1CC1)c1c(F)cccc1Cl. The van der Waals surface area contributed by atoms with E-state index in [2.05, 4.69) is 9.59 Å². The molecular weight excluding hydrogens is 307 g/mol. The number of aromatic nitrogens is 2. The molecule has 1 fully saturated rings. The van der Waals surface area contributed by atoms with Crippen molar-refractivity contribution in [3.63, 3.8) is 0 Å². The summed E-state index contributed by atoms with van der Waals surface area (Å²) < 4.78 is 18.2. The van der Waals surface area contributed by atoms with Crippen LogP contribution in [0.25, 0.3) is 0 Å². The van der Waals surface area contributed by atoms with Gasteiger partial charge in [0.25, 0.3) is 0 Å². The van der Waals surface area contributed by atoms with Crippen LogP contribution in [0.1, 0.15) is 55.2 Å². The first-order valence-corrected chi connectivity index (χ1v) is 8.40. The molecule has 0 aliphatic heterocycles. The monoisotopic (exact) mass is 324 g/mol. The highest BCUT2D eigenvalue weighted by atomic mass is 35.5. The zero-order valence-corrected chi connectivity index (χ0v) is 13.8. The first-order chi connectivity index (χ1) is 9.99. The van der Waals surface area contributed by atoms with Crippen LogP contribution >= 0.6 is 23.1 Å². The third-order valence-corrected chi connectivity index (χ3v) is 5.28. The Bertz CT molecular complexity index is 629. The predicted molar refractivity (Wildman–Crippen MR) is 84.6 cm³/mol. The van der Waals surface area contributed by atoms with Crippen molar-refractivity contribution in [3.8, 4) is 0 Å². The Morgan fingerprint density at radius 1 is 1.38 bits per heavy atom. The van der Waals surface area contributed by atoms with E-state index < -0.39 is 0 Å². The van der Waals surface area contributed by atoms with Crippen molar-refractivity contribution >= 4 is 23.1 Å². The summed E-state index contributed by atoms with van der Waals surface area (Å²) in [4.78, 5) is 1.25. The van der Waals surface area contributed by atoms with E-state index in [4.69, 9.17) is 11.6 Å². The summed E-state index contributed by atoms with van der Waals surface area (Å²) in [6.45, 7) is 4.09. The third kappa shape index (κ3) is 3.11. The Morgan fingerprint density at radius 3 is 2.81 bits per heavy atom. The normalized spacial score (nSPS) is 15.4. The second-order valence-electron chi connectivity index (χ2n) is 6.34. The van der Waals surface area contributed by atoms with E-state index in [1.165, 1.54) is 35.3 Å². The van der Waals surface area contributed by atoms with Gasteiger partial charge in [-0.2, -0.15) is 0 Å². The van der Waals surface area contributed by atoms with Gasteiger partial charge in [0.2, 0.25) is 0 Å². The van der Waals surface area contributed by atoms with Gasteiger partial charge in [0.15, 0.2) is 0 Å². The number of halogens is 2. The van der Waals surface area contributed by atoms with E-state index in [9.17, 15) is 4.39 Å². The summed E-state index contributed by atoms with van der Waals surface area (Å²) in [7, 11) is 0. The first-order valence-electron chi connectivity index (χ1n) is 7.24. The quantitative estimate of drug-likeness (QED) is 0.763. The lowest BCUT2D eigenvalue weighted by Gasteiger charge is -2.26. The van der Waals surface area contributed by atoms with Gasteiger partial charge in [0.05, 0.1) is 5.69 Å². The molecule has 5 heteroatoms. The van der Waals surface area contributed by atoms with Crippen LogP contribution in [0.3, 0.4) is 0 Å². The number of nitrogens with zero attached hydrogens (tertiary/aromatic N) is 2. The second kappa shape index (κ2) is 5.65. The van der Waals surface area contributed by atoms with E-state index in [0.29, 0.717) is 16.5 Å². The molecular formula is C16H18ClFN2S. The fourth-order valence-corrected chi connectivity index (χ4v) is 3.89. The molecule has 1 heterocycles. The highest BCUT2D eigenvalue weighted by Crippen LogP contribution is 2.42. The highest BCUT2D eigenvalue weighted by Gasteiger charge is 2.31. The molecule has 0 bridgehead atoms. The van der Waals surface area contributed by atoms with E-state index in [1.54, 1.807) is 12.1 Å². The minimum absolute atomic E-state index is 0.225. The zero-order valence-electron chi connectivity index (χ0n) is 12.2. The van der Waals surface area contributed by atoms with E-state index in [1.807, 2.05) is 13.8 Å². The van der Waals surface area contributed by atoms with Gasteiger partial charge in [-0.25, -0.2) is 4.39 Å². The molecule has 0 N–H and O–H groups in total. The molecule has 0 unspecified atom stereocenters. The molecule has 21 heavy (non-hydrogen) atoms. The van der Waals surface area contributed by atoms with Crippen molar-refractivity contribution in [2.24, 2.45) is 0 Å². The van der Waals surface area contributed by atoms with E-state index in [-0.39, 0.29) is 11.2 Å². The van der Waals surface area contributed by atoms with Gasteiger partial charge in [-0.05, 0) is 54.8 Å². The van der Waals surface area contributed by atoms with Crippen molar-refractivity contribution in [1.29, 1.82) is 0 Å². The number of hydrogen-bond donors (Lipinski definition) is 0. The van der Waals surface area contributed by atoms with Crippen LogP contribution in [0.5, 0.6) is 0 Å². The summed E-state index contributed by atoms with van der Waals surface area (Å²) in [5.74, 6) is 0.385. The standard InChI is InChI=1S/C16H18ClFN2S/c1-16(2,14-11(17)4-3-5-12(14)18)9-8-13-15(10-6-7-10)19-20-21-13/h3-5,10H,6-9H2,1-2H3. The maximum atomic E-state index is 14.1. The average molecular weight is 325 g/mol.